The van der Waals surface area contributed by atoms with E-state index >= 15 is 0 Å². The molecule has 0 heterocycles. The first-order chi connectivity index (χ1) is 5.75. The van der Waals surface area contributed by atoms with E-state index in [0.717, 1.165) is 0 Å². The fraction of sp³-hybridized carbons (Fsp3) is 0.250. The number of nitrogens with two attached hydrogens (primary N) is 1. The second kappa shape index (κ2) is 4.19. The monoisotopic (exact) mass is 184 g/mol. The van der Waals surface area contributed by atoms with Crippen LogP contribution in [0.4, 0.5) is 5.69 Å². The molecular formula is C8H11NO2P+. The van der Waals surface area contributed by atoms with Crippen molar-refractivity contribution < 1.29 is 9.09 Å². The van der Waals surface area contributed by atoms with Crippen LogP contribution < -0.4 is 11.0 Å². The topological polar surface area (TPSA) is 52.3 Å². The minimum Gasteiger partial charge on any atom is -0.395 e. The van der Waals surface area contributed by atoms with Crippen molar-refractivity contribution in [1.29, 1.82) is 0 Å². The first kappa shape index (κ1) is 9.17. The number of para-hydroxylation sites is 1. The lowest BCUT2D eigenvalue weighted by molar-refractivity contribution is 0.357. The SMILES string of the molecule is CCO[P+](=O)c1ccccc1N. The Kier molecular flexibility index (Phi) is 3.20. The third kappa shape index (κ3) is 2.03. The van der Waals surface area contributed by atoms with Gasteiger partial charge >= 0.3 is 8.03 Å². The van der Waals surface area contributed by atoms with Gasteiger partial charge in [-0.05, 0) is 23.6 Å². The van der Waals surface area contributed by atoms with Crippen LogP contribution in [0.2, 0.25) is 0 Å². The van der Waals surface area contributed by atoms with E-state index in [9.17, 15) is 4.57 Å². The molecule has 0 radical (unpaired) electrons. The molecule has 1 unspecified atom stereocenters. The highest BCUT2D eigenvalue weighted by Gasteiger charge is 2.23. The van der Waals surface area contributed by atoms with Crippen molar-refractivity contribution in [1.82, 2.24) is 0 Å². The average Bonchev–Trinajstić information content (AvgIpc) is 2.05. The van der Waals surface area contributed by atoms with Crippen LogP contribution in [0.25, 0.3) is 0 Å². The van der Waals surface area contributed by atoms with Gasteiger partial charge in [-0.1, -0.05) is 12.1 Å². The Bertz CT molecular complexity index is 288. The quantitative estimate of drug-likeness (QED) is 0.574. The molecule has 1 aromatic rings. The summed E-state index contributed by atoms with van der Waals surface area (Å²) in [6.07, 6.45) is 0. The van der Waals surface area contributed by atoms with E-state index in [4.69, 9.17) is 10.3 Å². The van der Waals surface area contributed by atoms with Crippen LogP contribution in [0.5, 0.6) is 0 Å². The van der Waals surface area contributed by atoms with Crippen LogP contribution in [0.1, 0.15) is 6.92 Å². The maximum atomic E-state index is 11.3. The molecule has 1 aromatic carbocycles. The van der Waals surface area contributed by atoms with Crippen molar-refractivity contribution in [3.05, 3.63) is 24.3 Å². The van der Waals surface area contributed by atoms with E-state index in [-0.39, 0.29) is 0 Å². The van der Waals surface area contributed by atoms with Crippen LogP contribution >= 0.6 is 8.03 Å². The van der Waals surface area contributed by atoms with E-state index in [1.807, 2.05) is 0 Å². The largest absolute Gasteiger partial charge is 0.550 e. The highest BCUT2D eigenvalue weighted by atomic mass is 31.1. The summed E-state index contributed by atoms with van der Waals surface area (Å²) in [5.74, 6) is 0. The van der Waals surface area contributed by atoms with Crippen molar-refractivity contribution in [2.75, 3.05) is 12.3 Å². The molecular weight excluding hydrogens is 173 g/mol. The van der Waals surface area contributed by atoms with E-state index in [1.54, 1.807) is 31.2 Å². The third-order valence-corrected chi connectivity index (χ3v) is 2.67. The molecule has 0 aliphatic carbocycles. The molecule has 0 saturated heterocycles. The summed E-state index contributed by atoms with van der Waals surface area (Å²) in [7, 11) is -1.77. The van der Waals surface area contributed by atoms with Crippen molar-refractivity contribution in [3.63, 3.8) is 0 Å². The smallest absolute Gasteiger partial charge is 0.395 e. The maximum Gasteiger partial charge on any atom is 0.550 e. The first-order valence-corrected chi connectivity index (χ1v) is 4.88. The summed E-state index contributed by atoms with van der Waals surface area (Å²) in [4.78, 5) is 0. The van der Waals surface area contributed by atoms with Crippen LogP contribution in [-0.4, -0.2) is 6.61 Å². The molecule has 2 N–H and O–H groups in total. The van der Waals surface area contributed by atoms with Gasteiger partial charge in [0.05, 0.1) is 5.69 Å². The van der Waals surface area contributed by atoms with Crippen LogP contribution in [0, 0.1) is 0 Å². The fourth-order valence-corrected chi connectivity index (χ4v) is 1.71. The lowest BCUT2D eigenvalue weighted by atomic mass is 10.3. The average molecular weight is 184 g/mol. The normalized spacial score (nSPS) is 11.2. The number of hydrogen-bond acceptors (Lipinski definition) is 3. The van der Waals surface area contributed by atoms with Gasteiger partial charge in [0, 0.05) is 0 Å². The molecule has 0 spiro atoms. The molecule has 64 valence electrons. The van der Waals surface area contributed by atoms with Gasteiger partial charge in [0.25, 0.3) is 0 Å². The number of hydrogen-bond donors (Lipinski definition) is 1. The second-order valence-corrected chi connectivity index (χ2v) is 3.49. The highest BCUT2D eigenvalue weighted by Crippen LogP contribution is 2.23. The zero-order valence-electron chi connectivity index (χ0n) is 6.86. The summed E-state index contributed by atoms with van der Waals surface area (Å²) in [5, 5.41) is 0.578. The van der Waals surface area contributed by atoms with Gasteiger partial charge in [-0.15, -0.1) is 4.52 Å². The lowest BCUT2D eigenvalue weighted by Gasteiger charge is -1.91. The minimum atomic E-state index is -1.77. The van der Waals surface area contributed by atoms with E-state index in [1.165, 1.54) is 0 Å². The predicted molar refractivity (Wildman–Crippen MR) is 49.7 cm³/mol. The number of benzene rings is 1. The van der Waals surface area contributed by atoms with Gasteiger partial charge in [0.15, 0.2) is 0 Å². The van der Waals surface area contributed by atoms with Crippen LogP contribution in [0.15, 0.2) is 24.3 Å². The molecule has 0 aliphatic rings. The van der Waals surface area contributed by atoms with E-state index in [2.05, 4.69) is 0 Å². The number of nitrogen functional groups attached to an aromatic ring is 1. The summed E-state index contributed by atoms with van der Waals surface area (Å²) in [5.41, 5.74) is 6.11. The molecule has 1 atom stereocenters. The second-order valence-electron chi connectivity index (χ2n) is 2.23. The zero-order chi connectivity index (χ0) is 8.97. The molecule has 12 heavy (non-hydrogen) atoms. The van der Waals surface area contributed by atoms with Crippen LogP contribution in [-0.2, 0) is 9.09 Å². The molecule has 0 amide bonds. The zero-order valence-corrected chi connectivity index (χ0v) is 7.75. The Balaban J connectivity index is 2.87. The van der Waals surface area contributed by atoms with Gasteiger partial charge in [-0.3, -0.25) is 0 Å². The number of anilines is 1. The summed E-state index contributed by atoms with van der Waals surface area (Å²) < 4.78 is 16.2. The molecule has 1 rings (SSSR count). The predicted octanol–water partition coefficient (Wildman–Crippen LogP) is 1.67. The Morgan fingerprint density at radius 3 is 2.75 bits per heavy atom. The van der Waals surface area contributed by atoms with E-state index in [0.29, 0.717) is 17.6 Å². The van der Waals surface area contributed by atoms with Crippen LogP contribution in [0.3, 0.4) is 0 Å². The summed E-state index contributed by atoms with van der Waals surface area (Å²) in [6.45, 7) is 2.23. The first-order valence-electron chi connectivity index (χ1n) is 3.70. The van der Waals surface area contributed by atoms with Gasteiger partial charge in [0.2, 0.25) is 5.30 Å². The highest BCUT2D eigenvalue weighted by molar-refractivity contribution is 7.48. The standard InChI is InChI=1S/C8H11NO2P/c1-2-11-12(10)8-6-4-3-5-7(8)9/h3-6H,2,9H2,1H3/q+1. The van der Waals surface area contributed by atoms with Crippen molar-refractivity contribution in [2.24, 2.45) is 0 Å². The fourth-order valence-electron chi connectivity index (χ4n) is 0.841. The Morgan fingerprint density at radius 2 is 2.17 bits per heavy atom. The molecule has 0 fully saturated rings. The van der Waals surface area contributed by atoms with Gasteiger partial charge in [-0.25, -0.2) is 0 Å². The van der Waals surface area contributed by atoms with Gasteiger partial charge in [0.1, 0.15) is 6.61 Å². The summed E-state index contributed by atoms with van der Waals surface area (Å²) >= 11 is 0. The minimum absolute atomic E-state index is 0.434. The summed E-state index contributed by atoms with van der Waals surface area (Å²) in [6, 6.07) is 7.01. The van der Waals surface area contributed by atoms with E-state index < -0.39 is 8.03 Å². The Hall–Kier alpha value is -0.920. The van der Waals surface area contributed by atoms with Crippen molar-refractivity contribution in [3.8, 4) is 0 Å². The van der Waals surface area contributed by atoms with Crippen molar-refractivity contribution >= 4 is 19.0 Å². The molecule has 0 aromatic heterocycles. The maximum absolute atomic E-state index is 11.3. The molecule has 0 bridgehead atoms. The molecule has 3 nitrogen and oxygen atoms in total. The molecule has 0 saturated carbocycles. The Morgan fingerprint density at radius 1 is 1.50 bits per heavy atom. The van der Waals surface area contributed by atoms with Crippen molar-refractivity contribution in [2.45, 2.75) is 6.92 Å². The molecule has 0 aliphatic heterocycles. The number of rotatable bonds is 3. The lowest BCUT2D eigenvalue weighted by Crippen LogP contribution is -2.05. The van der Waals surface area contributed by atoms with Gasteiger partial charge < -0.3 is 5.73 Å². The Labute approximate surface area is 72.4 Å². The van der Waals surface area contributed by atoms with Gasteiger partial charge in [-0.2, -0.15) is 0 Å². The molecule has 4 heteroatoms. The third-order valence-electron chi connectivity index (χ3n) is 1.38.